The minimum Gasteiger partial charge on any atom is -0.480 e. The SMILES string of the molecule is C#C/C(=C\C=C(/C)C[C@H](NC(=O)c1cc(Br)ccc1NCC(C)CCC)C(=O)O)C1=C(Oc2ccccc2)C=CCC1. The van der Waals surface area contributed by atoms with Gasteiger partial charge in [-0.2, -0.15) is 0 Å². The molecule has 1 amide bonds. The normalized spacial score (nSPS) is 15.0. The van der Waals surface area contributed by atoms with E-state index in [9.17, 15) is 14.7 Å². The molecule has 1 aliphatic carbocycles. The lowest BCUT2D eigenvalue weighted by Gasteiger charge is -2.19. The number of aliphatic carboxylic acids is 1. The fourth-order valence-corrected chi connectivity index (χ4v) is 5.01. The number of amides is 1. The molecule has 3 N–H and O–H groups in total. The first-order chi connectivity index (χ1) is 20.2. The molecule has 0 fully saturated rings. The summed E-state index contributed by atoms with van der Waals surface area (Å²) < 4.78 is 6.84. The van der Waals surface area contributed by atoms with Crippen LogP contribution in [0.25, 0.3) is 0 Å². The second-order valence-electron chi connectivity index (χ2n) is 10.5. The molecule has 2 atom stereocenters. The number of carboxylic acid groups (broad SMARTS) is 1. The van der Waals surface area contributed by atoms with Crippen LogP contribution < -0.4 is 15.4 Å². The van der Waals surface area contributed by atoms with Gasteiger partial charge in [0.05, 0.1) is 5.56 Å². The van der Waals surface area contributed by atoms with Crippen LogP contribution in [0.1, 0.15) is 63.2 Å². The molecule has 3 rings (SSSR count). The average Bonchev–Trinajstić information content (AvgIpc) is 2.97. The standard InChI is InChI=1S/C35H39BrN2O4/c1-5-12-25(4)23-37-31-20-19-27(36)22-30(31)34(39)38-32(35(40)41)21-24(3)17-18-26(6-2)29-15-10-11-16-33(29)42-28-13-8-7-9-14-28/h2,7-9,11,13-14,16-20,22,25,32,37H,5,10,12,15,21,23H2,1,3-4H3,(H,38,39)(H,40,41)/b24-17+,26-18+/t25?,32-/m0/s1. The molecular weight excluding hydrogens is 592 g/mol. The Bertz CT molecular complexity index is 1420. The van der Waals surface area contributed by atoms with Crippen molar-refractivity contribution in [3.63, 3.8) is 0 Å². The zero-order valence-corrected chi connectivity index (χ0v) is 26.0. The summed E-state index contributed by atoms with van der Waals surface area (Å²) in [6, 6.07) is 13.8. The van der Waals surface area contributed by atoms with E-state index in [1.165, 1.54) is 0 Å². The number of hydrogen-bond acceptors (Lipinski definition) is 4. The number of carboxylic acids is 1. The summed E-state index contributed by atoms with van der Waals surface area (Å²) >= 11 is 3.43. The lowest BCUT2D eigenvalue weighted by Crippen LogP contribution is -2.41. The first-order valence-electron chi connectivity index (χ1n) is 14.3. The van der Waals surface area contributed by atoms with Gasteiger partial charge in [-0.15, -0.1) is 6.42 Å². The van der Waals surface area contributed by atoms with Gasteiger partial charge in [-0.25, -0.2) is 4.79 Å². The molecule has 2 aromatic carbocycles. The van der Waals surface area contributed by atoms with Crippen LogP contribution in [0.4, 0.5) is 5.69 Å². The van der Waals surface area contributed by atoms with E-state index in [1.807, 2.05) is 67.6 Å². The maximum atomic E-state index is 13.3. The van der Waals surface area contributed by atoms with Gasteiger partial charge < -0.3 is 20.5 Å². The molecule has 0 saturated heterocycles. The number of carbonyl (C=O) groups excluding carboxylic acids is 1. The first kappa shape index (κ1) is 32.5. The highest BCUT2D eigenvalue weighted by Crippen LogP contribution is 2.28. The molecule has 0 spiro atoms. The lowest BCUT2D eigenvalue weighted by atomic mass is 9.95. The molecule has 6 nitrogen and oxygen atoms in total. The van der Waals surface area contributed by atoms with Gasteiger partial charge >= 0.3 is 5.97 Å². The van der Waals surface area contributed by atoms with E-state index in [2.05, 4.69) is 52.4 Å². The number of hydrogen-bond donors (Lipinski definition) is 3. The third-order valence-corrected chi connectivity index (χ3v) is 7.39. The number of rotatable bonds is 14. The quantitative estimate of drug-likeness (QED) is 0.145. The summed E-state index contributed by atoms with van der Waals surface area (Å²) in [6.07, 6.45) is 17.3. The number of terminal acetylenes is 1. The van der Waals surface area contributed by atoms with Crippen molar-refractivity contribution in [1.29, 1.82) is 0 Å². The fraction of sp³-hybridized carbons (Fsp3) is 0.314. The molecule has 0 aliphatic heterocycles. The fourth-order valence-electron chi connectivity index (χ4n) is 4.65. The van der Waals surface area contributed by atoms with Gasteiger partial charge in [-0.1, -0.05) is 78.0 Å². The Labute approximate surface area is 257 Å². The largest absolute Gasteiger partial charge is 0.480 e. The zero-order valence-electron chi connectivity index (χ0n) is 24.5. The van der Waals surface area contributed by atoms with Crippen LogP contribution in [-0.2, 0) is 4.79 Å². The van der Waals surface area contributed by atoms with Crippen LogP contribution in [0.3, 0.4) is 0 Å². The summed E-state index contributed by atoms with van der Waals surface area (Å²) in [5.74, 6) is 3.05. The molecule has 220 valence electrons. The van der Waals surface area contributed by atoms with Crippen molar-refractivity contribution in [1.82, 2.24) is 5.32 Å². The van der Waals surface area contributed by atoms with Gasteiger partial charge in [-0.05, 0) is 81.0 Å². The van der Waals surface area contributed by atoms with E-state index in [4.69, 9.17) is 11.2 Å². The monoisotopic (exact) mass is 630 g/mol. The molecule has 42 heavy (non-hydrogen) atoms. The molecular formula is C35H39BrN2O4. The molecule has 0 saturated carbocycles. The number of para-hydroxylation sites is 1. The van der Waals surface area contributed by atoms with Crippen LogP contribution >= 0.6 is 15.9 Å². The van der Waals surface area contributed by atoms with E-state index >= 15 is 0 Å². The van der Waals surface area contributed by atoms with Gasteiger partial charge in [0.1, 0.15) is 17.6 Å². The summed E-state index contributed by atoms with van der Waals surface area (Å²) in [7, 11) is 0. The van der Waals surface area contributed by atoms with Crippen LogP contribution in [0.5, 0.6) is 5.75 Å². The Morgan fingerprint density at radius 1 is 1.19 bits per heavy atom. The van der Waals surface area contributed by atoms with E-state index in [0.29, 0.717) is 35.0 Å². The second kappa shape index (κ2) is 16.4. The first-order valence-corrected chi connectivity index (χ1v) is 15.0. The van der Waals surface area contributed by atoms with Crippen molar-refractivity contribution in [2.45, 2.75) is 58.9 Å². The summed E-state index contributed by atoms with van der Waals surface area (Å²) in [6.45, 7) is 6.84. The minimum absolute atomic E-state index is 0.117. The second-order valence-corrected chi connectivity index (χ2v) is 11.4. The predicted octanol–water partition coefficient (Wildman–Crippen LogP) is 8.06. The van der Waals surface area contributed by atoms with E-state index < -0.39 is 17.9 Å². The van der Waals surface area contributed by atoms with Crippen molar-refractivity contribution in [2.75, 3.05) is 11.9 Å². The molecule has 0 aromatic heterocycles. The zero-order chi connectivity index (χ0) is 30.5. The maximum absolute atomic E-state index is 13.3. The number of benzene rings is 2. The molecule has 7 heteroatoms. The van der Waals surface area contributed by atoms with Crippen LogP contribution in [0.15, 0.2) is 99.8 Å². The third-order valence-electron chi connectivity index (χ3n) is 6.89. The van der Waals surface area contributed by atoms with Crippen molar-refractivity contribution in [3.05, 3.63) is 105 Å². The van der Waals surface area contributed by atoms with Gasteiger partial charge in [0.2, 0.25) is 0 Å². The highest BCUT2D eigenvalue weighted by Gasteiger charge is 2.23. The molecule has 0 radical (unpaired) electrons. The minimum atomic E-state index is -1.11. The Kier molecular flexibility index (Phi) is 12.7. The number of halogens is 1. The Morgan fingerprint density at radius 3 is 2.64 bits per heavy atom. The smallest absolute Gasteiger partial charge is 0.326 e. The number of anilines is 1. The van der Waals surface area contributed by atoms with Crippen molar-refractivity contribution < 1.29 is 19.4 Å². The average molecular weight is 632 g/mol. The van der Waals surface area contributed by atoms with Crippen molar-refractivity contribution >= 4 is 33.5 Å². The van der Waals surface area contributed by atoms with Gasteiger partial charge in [0.15, 0.2) is 0 Å². The van der Waals surface area contributed by atoms with Gasteiger partial charge in [0, 0.05) is 27.9 Å². The number of ether oxygens (including phenoxy) is 1. The van der Waals surface area contributed by atoms with Crippen LogP contribution in [-0.4, -0.2) is 29.6 Å². The van der Waals surface area contributed by atoms with Gasteiger partial charge in [-0.3, -0.25) is 4.79 Å². The Morgan fingerprint density at radius 2 is 1.95 bits per heavy atom. The number of nitrogens with one attached hydrogen (secondary N) is 2. The Hall–Kier alpha value is -4.02. The number of allylic oxidation sites excluding steroid dienone is 6. The molecule has 2 aromatic rings. The summed E-state index contributed by atoms with van der Waals surface area (Å²) in [5, 5.41) is 16.0. The molecule has 1 unspecified atom stereocenters. The topological polar surface area (TPSA) is 87.7 Å². The van der Waals surface area contributed by atoms with Crippen LogP contribution in [0, 0.1) is 18.3 Å². The highest BCUT2D eigenvalue weighted by atomic mass is 79.9. The lowest BCUT2D eigenvalue weighted by molar-refractivity contribution is -0.139. The van der Waals surface area contributed by atoms with Crippen molar-refractivity contribution in [3.8, 4) is 18.1 Å². The molecule has 0 heterocycles. The van der Waals surface area contributed by atoms with Gasteiger partial charge in [0.25, 0.3) is 5.91 Å². The van der Waals surface area contributed by atoms with Crippen LogP contribution in [0.2, 0.25) is 0 Å². The third kappa shape index (κ3) is 9.81. The van der Waals surface area contributed by atoms with Crippen molar-refractivity contribution in [2.24, 2.45) is 5.92 Å². The Balaban J connectivity index is 1.76. The maximum Gasteiger partial charge on any atom is 0.326 e. The summed E-state index contributed by atoms with van der Waals surface area (Å²) in [4.78, 5) is 25.4. The highest BCUT2D eigenvalue weighted by molar-refractivity contribution is 9.10. The molecule has 0 bridgehead atoms. The van der Waals surface area contributed by atoms with E-state index in [0.717, 1.165) is 47.1 Å². The predicted molar refractivity (Wildman–Crippen MR) is 173 cm³/mol. The van der Waals surface area contributed by atoms with E-state index in [1.54, 1.807) is 6.07 Å². The number of carbonyl (C=O) groups is 2. The summed E-state index contributed by atoms with van der Waals surface area (Å²) in [5.41, 5.74) is 3.40. The van der Waals surface area contributed by atoms with E-state index in [-0.39, 0.29) is 6.42 Å². The molecule has 1 aliphatic rings.